The molecule has 2 aromatic rings. The first-order chi connectivity index (χ1) is 12.2. The monoisotopic (exact) mass is 342 g/mol. The molecule has 0 spiro atoms. The minimum Gasteiger partial charge on any atom is -0.493 e. The molecule has 132 valence electrons. The maximum absolute atomic E-state index is 12.3. The number of hydrogen-bond acceptors (Lipinski definition) is 5. The SMILES string of the molecule is C=CCN(CC=C)C(=O)Cn1cc(COc2ccccc2OC)nn1. The summed E-state index contributed by atoms with van der Waals surface area (Å²) in [5, 5.41) is 8.00. The van der Waals surface area contributed by atoms with Crippen LogP contribution in [0, 0.1) is 0 Å². The van der Waals surface area contributed by atoms with Gasteiger partial charge in [0, 0.05) is 13.1 Å². The Kier molecular flexibility index (Phi) is 6.76. The summed E-state index contributed by atoms with van der Waals surface area (Å²) in [5.74, 6) is 1.19. The van der Waals surface area contributed by atoms with Crippen LogP contribution in [0.1, 0.15) is 5.69 Å². The zero-order chi connectivity index (χ0) is 18.1. The molecule has 0 aliphatic heterocycles. The summed E-state index contributed by atoms with van der Waals surface area (Å²) in [5.41, 5.74) is 0.623. The van der Waals surface area contributed by atoms with Crippen LogP contribution < -0.4 is 9.47 Å². The quantitative estimate of drug-likeness (QED) is 0.618. The fourth-order valence-corrected chi connectivity index (χ4v) is 2.20. The van der Waals surface area contributed by atoms with Crippen LogP contribution in [0.5, 0.6) is 11.5 Å². The smallest absolute Gasteiger partial charge is 0.244 e. The summed E-state index contributed by atoms with van der Waals surface area (Å²) in [6.45, 7) is 8.57. The molecule has 0 saturated heterocycles. The molecule has 7 heteroatoms. The summed E-state index contributed by atoms with van der Waals surface area (Å²) < 4.78 is 12.4. The van der Waals surface area contributed by atoms with Crippen molar-refractivity contribution in [2.24, 2.45) is 0 Å². The molecule has 0 fully saturated rings. The first-order valence-electron chi connectivity index (χ1n) is 7.82. The van der Waals surface area contributed by atoms with Crippen molar-refractivity contribution in [3.8, 4) is 11.5 Å². The lowest BCUT2D eigenvalue weighted by atomic mass is 10.3. The fourth-order valence-electron chi connectivity index (χ4n) is 2.20. The van der Waals surface area contributed by atoms with Gasteiger partial charge in [-0.15, -0.1) is 18.3 Å². The van der Waals surface area contributed by atoms with E-state index in [4.69, 9.17) is 9.47 Å². The maximum Gasteiger partial charge on any atom is 0.244 e. The van der Waals surface area contributed by atoms with E-state index in [9.17, 15) is 4.79 Å². The van der Waals surface area contributed by atoms with E-state index in [-0.39, 0.29) is 19.1 Å². The van der Waals surface area contributed by atoms with Gasteiger partial charge in [-0.25, -0.2) is 4.68 Å². The summed E-state index contributed by atoms with van der Waals surface area (Å²) >= 11 is 0. The second-order valence-electron chi connectivity index (χ2n) is 5.22. The average Bonchev–Trinajstić information content (AvgIpc) is 3.07. The van der Waals surface area contributed by atoms with Crippen LogP contribution >= 0.6 is 0 Å². The van der Waals surface area contributed by atoms with E-state index in [0.717, 1.165) is 0 Å². The van der Waals surface area contributed by atoms with Crippen molar-refractivity contribution >= 4 is 5.91 Å². The van der Waals surface area contributed by atoms with Gasteiger partial charge in [-0.1, -0.05) is 29.5 Å². The molecule has 0 radical (unpaired) electrons. The van der Waals surface area contributed by atoms with Crippen LogP contribution in [-0.2, 0) is 17.9 Å². The highest BCUT2D eigenvalue weighted by atomic mass is 16.5. The summed E-state index contributed by atoms with van der Waals surface area (Å²) in [7, 11) is 1.59. The van der Waals surface area contributed by atoms with Gasteiger partial charge in [0.1, 0.15) is 18.8 Å². The number of rotatable bonds is 10. The molecule has 0 aliphatic carbocycles. The van der Waals surface area contributed by atoms with Gasteiger partial charge in [-0.2, -0.15) is 0 Å². The molecule has 0 bridgehead atoms. The topological polar surface area (TPSA) is 69.5 Å². The summed E-state index contributed by atoms with van der Waals surface area (Å²) in [6, 6.07) is 7.36. The standard InChI is InChI=1S/C18H22N4O3/c1-4-10-21(11-5-2)18(23)13-22-12-15(19-20-22)14-25-17-9-7-6-8-16(17)24-3/h4-9,12H,1-2,10-11,13-14H2,3H3. The number of methoxy groups -OCH3 is 1. The summed E-state index contributed by atoms with van der Waals surface area (Å²) in [4.78, 5) is 13.9. The van der Waals surface area contributed by atoms with Gasteiger partial charge in [0.25, 0.3) is 0 Å². The largest absolute Gasteiger partial charge is 0.493 e. The Morgan fingerprint density at radius 2 is 1.92 bits per heavy atom. The molecule has 25 heavy (non-hydrogen) atoms. The molecule has 7 nitrogen and oxygen atoms in total. The van der Waals surface area contributed by atoms with E-state index in [0.29, 0.717) is 30.3 Å². The Balaban J connectivity index is 1.94. The molecule has 2 rings (SSSR count). The lowest BCUT2D eigenvalue weighted by molar-refractivity contribution is -0.131. The fraction of sp³-hybridized carbons (Fsp3) is 0.278. The Labute approximate surface area is 147 Å². The zero-order valence-electron chi connectivity index (χ0n) is 14.3. The van der Waals surface area contributed by atoms with Crippen molar-refractivity contribution in [3.63, 3.8) is 0 Å². The second-order valence-corrected chi connectivity index (χ2v) is 5.22. The van der Waals surface area contributed by atoms with Gasteiger partial charge in [-0.05, 0) is 12.1 Å². The molecule has 0 saturated carbocycles. The van der Waals surface area contributed by atoms with Crippen LogP contribution in [0.3, 0.4) is 0 Å². The van der Waals surface area contributed by atoms with Crippen LogP contribution in [0.4, 0.5) is 0 Å². The first kappa shape index (κ1) is 18.3. The third-order valence-corrected chi connectivity index (χ3v) is 3.38. The predicted octanol–water partition coefficient (Wildman–Crippen LogP) is 2.07. The number of hydrogen-bond donors (Lipinski definition) is 0. The third kappa shape index (κ3) is 5.20. The van der Waals surface area contributed by atoms with Gasteiger partial charge in [0.05, 0.1) is 13.3 Å². The lowest BCUT2D eigenvalue weighted by Gasteiger charge is -2.18. The van der Waals surface area contributed by atoms with E-state index in [1.807, 2.05) is 24.3 Å². The maximum atomic E-state index is 12.3. The van der Waals surface area contributed by atoms with Gasteiger partial charge >= 0.3 is 0 Å². The number of amides is 1. The normalized spacial score (nSPS) is 10.1. The van der Waals surface area contributed by atoms with E-state index >= 15 is 0 Å². The molecule has 1 heterocycles. The molecule has 1 amide bonds. The number of ether oxygens (including phenoxy) is 2. The first-order valence-corrected chi connectivity index (χ1v) is 7.82. The minimum absolute atomic E-state index is 0.0816. The van der Waals surface area contributed by atoms with E-state index in [1.165, 1.54) is 4.68 Å². The highest BCUT2D eigenvalue weighted by Gasteiger charge is 2.13. The number of carbonyl (C=O) groups excluding carboxylic acids is 1. The van der Waals surface area contributed by atoms with Crippen molar-refractivity contribution in [2.45, 2.75) is 13.2 Å². The Bertz CT molecular complexity index is 717. The second kappa shape index (κ2) is 9.27. The Morgan fingerprint density at radius 1 is 1.24 bits per heavy atom. The highest BCUT2D eigenvalue weighted by molar-refractivity contribution is 5.76. The minimum atomic E-state index is -0.0816. The van der Waals surface area contributed by atoms with E-state index < -0.39 is 0 Å². The predicted molar refractivity (Wildman–Crippen MR) is 94.3 cm³/mol. The van der Waals surface area contributed by atoms with E-state index in [2.05, 4.69) is 23.5 Å². The molecule has 0 N–H and O–H groups in total. The molecule has 1 aromatic carbocycles. The van der Waals surface area contributed by atoms with Crippen molar-refractivity contribution in [2.75, 3.05) is 20.2 Å². The molecular formula is C18H22N4O3. The van der Waals surface area contributed by atoms with Gasteiger partial charge in [0.2, 0.25) is 5.91 Å². The van der Waals surface area contributed by atoms with Crippen LogP contribution in [0.15, 0.2) is 55.8 Å². The zero-order valence-corrected chi connectivity index (χ0v) is 14.3. The van der Waals surface area contributed by atoms with Crippen molar-refractivity contribution < 1.29 is 14.3 Å². The Hall–Kier alpha value is -3.09. The van der Waals surface area contributed by atoms with E-state index in [1.54, 1.807) is 30.4 Å². The van der Waals surface area contributed by atoms with Crippen LogP contribution in [0.25, 0.3) is 0 Å². The number of nitrogens with zero attached hydrogens (tertiary/aromatic N) is 4. The van der Waals surface area contributed by atoms with Crippen molar-refractivity contribution in [1.82, 2.24) is 19.9 Å². The number of benzene rings is 1. The molecule has 0 atom stereocenters. The lowest BCUT2D eigenvalue weighted by Crippen LogP contribution is -2.34. The van der Waals surface area contributed by atoms with Crippen LogP contribution in [-0.4, -0.2) is 46.0 Å². The molecule has 0 unspecified atom stereocenters. The van der Waals surface area contributed by atoms with Crippen LogP contribution in [0.2, 0.25) is 0 Å². The van der Waals surface area contributed by atoms with Gasteiger partial charge < -0.3 is 14.4 Å². The average molecular weight is 342 g/mol. The molecular weight excluding hydrogens is 320 g/mol. The van der Waals surface area contributed by atoms with Crippen molar-refractivity contribution in [1.29, 1.82) is 0 Å². The number of aromatic nitrogens is 3. The molecule has 0 aliphatic rings. The molecule has 1 aromatic heterocycles. The Morgan fingerprint density at radius 3 is 2.56 bits per heavy atom. The van der Waals surface area contributed by atoms with Gasteiger partial charge in [0.15, 0.2) is 11.5 Å². The summed E-state index contributed by atoms with van der Waals surface area (Å²) in [6.07, 6.45) is 5.04. The number of para-hydroxylation sites is 2. The number of carbonyl (C=O) groups is 1. The highest BCUT2D eigenvalue weighted by Crippen LogP contribution is 2.26. The third-order valence-electron chi connectivity index (χ3n) is 3.38. The van der Waals surface area contributed by atoms with Gasteiger partial charge in [-0.3, -0.25) is 4.79 Å². The van der Waals surface area contributed by atoms with Crippen molar-refractivity contribution in [3.05, 3.63) is 61.5 Å².